The summed E-state index contributed by atoms with van der Waals surface area (Å²) in [6.07, 6.45) is 1.44. The fourth-order valence-corrected chi connectivity index (χ4v) is 3.38. The smallest absolute Gasteiger partial charge is 0.223 e. The Kier molecular flexibility index (Phi) is 5.19. The summed E-state index contributed by atoms with van der Waals surface area (Å²) < 4.78 is 0. The number of amides is 1. The molecule has 1 aliphatic heterocycles. The van der Waals surface area contributed by atoms with Crippen molar-refractivity contribution in [3.8, 4) is 0 Å². The second-order valence-electron chi connectivity index (χ2n) is 6.63. The van der Waals surface area contributed by atoms with Gasteiger partial charge in [0.15, 0.2) is 0 Å². The third-order valence-electron chi connectivity index (χ3n) is 4.86. The molecule has 3 nitrogen and oxygen atoms in total. The summed E-state index contributed by atoms with van der Waals surface area (Å²) in [6.45, 7) is 7.71. The predicted molar refractivity (Wildman–Crippen MR) is 99.5 cm³/mol. The third-order valence-corrected chi connectivity index (χ3v) is 4.86. The van der Waals surface area contributed by atoms with E-state index in [-0.39, 0.29) is 5.91 Å². The van der Waals surface area contributed by atoms with Gasteiger partial charge in [-0.3, -0.25) is 4.79 Å². The zero-order valence-electron chi connectivity index (χ0n) is 14.7. The van der Waals surface area contributed by atoms with Gasteiger partial charge in [-0.05, 0) is 43.5 Å². The van der Waals surface area contributed by atoms with E-state index < -0.39 is 0 Å². The lowest BCUT2D eigenvalue weighted by Crippen LogP contribution is -2.48. The van der Waals surface area contributed by atoms with Gasteiger partial charge in [0.25, 0.3) is 0 Å². The average molecular weight is 322 g/mol. The molecule has 1 heterocycles. The molecule has 0 N–H and O–H groups in total. The highest BCUT2D eigenvalue weighted by atomic mass is 16.2. The Labute approximate surface area is 144 Å². The molecule has 24 heavy (non-hydrogen) atoms. The van der Waals surface area contributed by atoms with Gasteiger partial charge < -0.3 is 9.80 Å². The van der Waals surface area contributed by atoms with Crippen molar-refractivity contribution in [1.29, 1.82) is 0 Å². The minimum Gasteiger partial charge on any atom is -0.368 e. The number of piperazine rings is 1. The van der Waals surface area contributed by atoms with Crippen LogP contribution in [0.25, 0.3) is 0 Å². The summed E-state index contributed by atoms with van der Waals surface area (Å²) in [5.41, 5.74) is 5.10. The Morgan fingerprint density at radius 1 is 0.958 bits per heavy atom. The van der Waals surface area contributed by atoms with Crippen LogP contribution in [0, 0.1) is 13.8 Å². The lowest BCUT2D eigenvalue weighted by atomic mass is 10.0. The van der Waals surface area contributed by atoms with Crippen LogP contribution in [0.4, 0.5) is 5.69 Å². The highest BCUT2D eigenvalue weighted by molar-refractivity contribution is 5.77. The fourth-order valence-electron chi connectivity index (χ4n) is 3.38. The summed E-state index contributed by atoms with van der Waals surface area (Å²) in [5, 5.41) is 0. The zero-order chi connectivity index (χ0) is 16.9. The first-order valence-electron chi connectivity index (χ1n) is 8.77. The quantitative estimate of drug-likeness (QED) is 0.859. The van der Waals surface area contributed by atoms with Crippen LogP contribution in [0.2, 0.25) is 0 Å². The molecule has 3 heteroatoms. The largest absolute Gasteiger partial charge is 0.368 e. The molecule has 0 aliphatic carbocycles. The van der Waals surface area contributed by atoms with E-state index >= 15 is 0 Å². The molecule has 0 spiro atoms. The van der Waals surface area contributed by atoms with E-state index in [0.717, 1.165) is 32.6 Å². The molecule has 1 amide bonds. The van der Waals surface area contributed by atoms with E-state index in [0.29, 0.717) is 6.42 Å². The number of carbonyl (C=O) groups is 1. The normalized spacial score (nSPS) is 14.8. The number of rotatable bonds is 4. The van der Waals surface area contributed by atoms with Gasteiger partial charge in [0.1, 0.15) is 0 Å². The number of carbonyl (C=O) groups excluding carboxylic acids is 1. The van der Waals surface area contributed by atoms with E-state index in [2.05, 4.69) is 61.2 Å². The van der Waals surface area contributed by atoms with E-state index in [1.54, 1.807) is 0 Å². The first-order chi connectivity index (χ1) is 11.6. The molecule has 3 rings (SSSR count). The number of hydrogen-bond acceptors (Lipinski definition) is 2. The molecule has 2 aromatic carbocycles. The van der Waals surface area contributed by atoms with Crippen molar-refractivity contribution in [1.82, 2.24) is 4.90 Å². The first kappa shape index (κ1) is 16.6. The highest BCUT2D eigenvalue weighted by Crippen LogP contribution is 2.17. The SMILES string of the molecule is Cc1ccc(CCC(=O)N2CCN(c3ccccc3)CC2)c(C)c1. The van der Waals surface area contributed by atoms with Crippen LogP contribution in [0.15, 0.2) is 48.5 Å². The average Bonchev–Trinajstić information content (AvgIpc) is 2.62. The maximum Gasteiger partial charge on any atom is 0.223 e. The molecule has 2 aromatic rings. The van der Waals surface area contributed by atoms with E-state index in [9.17, 15) is 4.79 Å². The Bertz CT molecular complexity index is 688. The molecule has 1 aliphatic rings. The molecule has 0 unspecified atom stereocenters. The van der Waals surface area contributed by atoms with Gasteiger partial charge in [-0.25, -0.2) is 0 Å². The monoisotopic (exact) mass is 322 g/mol. The van der Waals surface area contributed by atoms with Crippen LogP contribution in [-0.2, 0) is 11.2 Å². The molecule has 0 aromatic heterocycles. The maximum absolute atomic E-state index is 12.5. The lowest BCUT2D eigenvalue weighted by Gasteiger charge is -2.36. The van der Waals surface area contributed by atoms with Crippen LogP contribution in [0.3, 0.4) is 0 Å². The first-order valence-corrected chi connectivity index (χ1v) is 8.77. The minimum atomic E-state index is 0.280. The molecule has 126 valence electrons. The van der Waals surface area contributed by atoms with Crippen molar-refractivity contribution >= 4 is 11.6 Å². The number of anilines is 1. The number of hydrogen-bond donors (Lipinski definition) is 0. The van der Waals surface area contributed by atoms with Gasteiger partial charge in [0, 0.05) is 38.3 Å². The van der Waals surface area contributed by atoms with Crippen LogP contribution in [0.5, 0.6) is 0 Å². The molecule has 0 radical (unpaired) electrons. The van der Waals surface area contributed by atoms with Crippen molar-refractivity contribution in [2.24, 2.45) is 0 Å². The second kappa shape index (κ2) is 7.52. The lowest BCUT2D eigenvalue weighted by molar-refractivity contribution is -0.131. The van der Waals surface area contributed by atoms with Gasteiger partial charge >= 0.3 is 0 Å². The molecular formula is C21H26N2O. The predicted octanol–water partition coefficient (Wildman–Crippen LogP) is 3.58. The van der Waals surface area contributed by atoms with Crippen molar-refractivity contribution in [2.75, 3.05) is 31.1 Å². The van der Waals surface area contributed by atoms with Crippen molar-refractivity contribution in [3.05, 3.63) is 65.2 Å². The number of aryl methyl sites for hydroxylation is 3. The van der Waals surface area contributed by atoms with Crippen molar-refractivity contribution < 1.29 is 4.79 Å². The number of para-hydroxylation sites is 1. The third kappa shape index (κ3) is 3.97. The Balaban J connectivity index is 1.50. The van der Waals surface area contributed by atoms with Crippen molar-refractivity contribution in [3.63, 3.8) is 0 Å². The Morgan fingerprint density at radius 2 is 1.67 bits per heavy atom. The van der Waals surface area contributed by atoms with E-state index in [4.69, 9.17) is 0 Å². The van der Waals surface area contributed by atoms with Gasteiger partial charge in [-0.2, -0.15) is 0 Å². The standard InChI is InChI=1S/C21H26N2O/c1-17-8-9-19(18(2)16-17)10-11-21(24)23-14-12-22(13-15-23)20-6-4-3-5-7-20/h3-9,16H,10-15H2,1-2H3. The molecule has 0 saturated carbocycles. The fraction of sp³-hybridized carbons (Fsp3) is 0.381. The maximum atomic E-state index is 12.5. The van der Waals surface area contributed by atoms with Crippen LogP contribution in [0.1, 0.15) is 23.1 Å². The van der Waals surface area contributed by atoms with Crippen molar-refractivity contribution in [2.45, 2.75) is 26.7 Å². The number of nitrogens with zero attached hydrogens (tertiary/aromatic N) is 2. The minimum absolute atomic E-state index is 0.280. The van der Waals surface area contributed by atoms with Gasteiger partial charge in [0.05, 0.1) is 0 Å². The molecule has 0 atom stereocenters. The summed E-state index contributed by atoms with van der Waals surface area (Å²) >= 11 is 0. The topological polar surface area (TPSA) is 23.6 Å². The number of benzene rings is 2. The van der Waals surface area contributed by atoms with Gasteiger partial charge in [-0.15, -0.1) is 0 Å². The molecule has 1 fully saturated rings. The van der Waals surface area contributed by atoms with E-state index in [1.165, 1.54) is 22.4 Å². The van der Waals surface area contributed by atoms with Gasteiger partial charge in [0.2, 0.25) is 5.91 Å². The molecular weight excluding hydrogens is 296 g/mol. The molecule has 0 bridgehead atoms. The summed E-state index contributed by atoms with van der Waals surface area (Å²) in [4.78, 5) is 16.9. The Morgan fingerprint density at radius 3 is 2.33 bits per heavy atom. The summed E-state index contributed by atoms with van der Waals surface area (Å²) in [5.74, 6) is 0.280. The van der Waals surface area contributed by atoms with E-state index in [1.807, 2.05) is 11.0 Å². The summed E-state index contributed by atoms with van der Waals surface area (Å²) in [7, 11) is 0. The second-order valence-corrected chi connectivity index (χ2v) is 6.63. The summed E-state index contributed by atoms with van der Waals surface area (Å²) in [6, 6.07) is 16.9. The van der Waals surface area contributed by atoms with Crippen LogP contribution in [-0.4, -0.2) is 37.0 Å². The zero-order valence-corrected chi connectivity index (χ0v) is 14.7. The van der Waals surface area contributed by atoms with Crippen LogP contribution < -0.4 is 4.90 Å². The molecule has 1 saturated heterocycles. The highest BCUT2D eigenvalue weighted by Gasteiger charge is 2.21. The van der Waals surface area contributed by atoms with Gasteiger partial charge in [-0.1, -0.05) is 42.0 Å². The van der Waals surface area contributed by atoms with Crippen LogP contribution >= 0.6 is 0 Å². The Hall–Kier alpha value is -2.29.